The Morgan fingerprint density at radius 3 is 1.43 bits per heavy atom. The molecular formula is C17H21Cl2SiZr-3. The van der Waals surface area contributed by atoms with Crippen molar-refractivity contribution >= 4 is 31.7 Å². The van der Waals surface area contributed by atoms with Crippen LogP contribution in [0.4, 0.5) is 0 Å². The van der Waals surface area contributed by atoms with Crippen molar-refractivity contribution < 1.29 is 23.3 Å². The van der Waals surface area contributed by atoms with E-state index in [1.165, 1.54) is 0 Å². The maximum absolute atomic E-state index is 3.72. The summed E-state index contributed by atoms with van der Waals surface area (Å²) >= 11 is 1.58. The summed E-state index contributed by atoms with van der Waals surface area (Å²) in [4.78, 5) is 0. The SMILES string of the molecule is Cl.Cl.[C-]1=CC=CC1.[C-]1=CC=CC1.[CH2-]c1ccccc1.[SiH2]=[Zr]. The van der Waals surface area contributed by atoms with Gasteiger partial charge in [-0.25, -0.2) is 24.3 Å². The van der Waals surface area contributed by atoms with Gasteiger partial charge in [0.05, 0.1) is 0 Å². The molecule has 0 N–H and O–H groups in total. The van der Waals surface area contributed by atoms with Gasteiger partial charge < -0.3 is 0 Å². The van der Waals surface area contributed by atoms with E-state index in [2.05, 4.69) is 31.2 Å². The molecule has 0 nitrogen and oxygen atoms in total. The topological polar surface area (TPSA) is 0 Å². The van der Waals surface area contributed by atoms with Gasteiger partial charge in [0.2, 0.25) is 0 Å². The molecule has 21 heavy (non-hydrogen) atoms. The van der Waals surface area contributed by atoms with Gasteiger partial charge in [0.25, 0.3) is 0 Å². The number of rotatable bonds is 0. The van der Waals surface area contributed by atoms with Gasteiger partial charge in [-0.3, -0.25) is 12.2 Å². The van der Waals surface area contributed by atoms with Crippen molar-refractivity contribution in [2.24, 2.45) is 0 Å². The summed E-state index contributed by atoms with van der Waals surface area (Å²) in [5, 5.41) is 0. The summed E-state index contributed by atoms with van der Waals surface area (Å²) in [5.74, 6) is 0. The summed E-state index contributed by atoms with van der Waals surface area (Å²) in [6.45, 7) is 5.67. The van der Waals surface area contributed by atoms with Gasteiger partial charge in [-0.1, -0.05) is 6.07 Å². The summed E-state index contributed by atoms with van der Waals surface area (Å²) in [7, 11) is 0. The monoisotopic (exact) mass is 413 g/mol. The second-order valence-corrected chi connectivity index (χ2v) is 3.49. The fourth-order valence-electron chi connectivity index (χ4n) is 1.16. The van der Waals surface area contributed by atoms with E-state index >= 15 is 0 Å². The molecule has 0 radical (unpaired) electrons. The molecular weight excluding hydrogens is 394 g/mol. The van der Waals surface area contributed by atoms with Gasteiger partial charge in [-0.15, -0.1) is 49.8 Å². The van der Waals surface area contributed by atoms with Crippen LogP contribution in [0.15, 0.2) is 66.8 Å². The van der Waals surface area contributed by atoms with Gasteiger partial charge in [0, 0.05) is 0 Å². The average molecular weight is 416 g/mol. The molecule has 0 unspecified atom stereocenters. The van der Waals surface area contributed by atoms with E-state index in [1.807, 2.05) is 61.5 Å². The minimum atomic E-state index is 0. The Balaban J connectivity index is -0.000000212. The molecule has 2 aliphatic carbocycles. The molecule has 0 bridgehead atoms. The molecule has 0 saturated heterocycles. The number of halogens is 2. The van der Waals surface area contributed by atoms with E-state index < -0.39 is 0 Å². The van der Waals surface area contributed by atoms with E-state index in [0.717, 1.165) is 18.4 Å². The third-order valence-electron chi connectivity index (χ3n) is 2.01. The summed E-state index contributed by atoms with van der Waals surface area (Å²) < 4.78 is 0. The molecule has 1 aromatic carbocycles. The molecule has 0 aliphatic heterocycles. The van der Waals surface area contributed by atoms with Crippen LogP contribution in [-0.4, -0.2) is 6.88 Å². The van der Waals surface area contributed by atoms with Crippen LogP contribution in [0.25, 0.3) is 0 Å². The summed E-state index contributed by atoms with van der Waals surface area (Å²) in [5.41, 5.74) is 1.07. The van der Waals surface area contributed by atoms with E-state index in [0.29, 0.717) is 0 Å². The molecule has 0 atom stereocenters. The van der Waals surface area contributed by atoms with Crippen molar-refractivity contribution in [2.45, 2.75) is 12.8 Å². The van der Waals surface area contributed by atoms with Crippen LogP contribution < -0.4 is 0 Å². The molecule has 0 saturated carbocycles. The third-order valence-corrected chi connectivity index (χ3v) is 2.01. The van der Waals surface area contributed by atoms with Crippen molar-refractivity contribution in [3.63, 3.8) is 0 Å². The number of hydrogen-bond acceptors (Lipinski definition) is 0. The fourth-order valence-corrected chi connectivity index (χ4v) is 1.16. The Morgan fingerprint density at radius 2 is 1.29 bits per heavy atom. The fraction of sp³-hybridized carbons (Fsp3) is 0.118. The van der Waals surface area contributed by atoms with Crippen molar-refractivity contribution in [3.05, 3.63) is 91.4 Å². The first-order chi connectivity index (χ1) is 9.39. The zero-order chi connectivity index (χ0) is 14.2. The van der Waals surface area contributed by atoms with Crippen LogP contribution in [0.1, 0.15) is 18.4 Å². The Labute approximate surface area is 158 Å². The molecule has 0 heterocycles. The zero-order valence-corrected chi connectivity index (χ0v) is 17.5. The van der Waals surface area contributed by atoms with Crippen LogP contribution in [0.2, 0.25) is 0 Å². The summed E-state index contributed by atoms with van der Waals surface area (Å²) in [6, 6.07) is 9.87. The average Bonchev–Trinajstić information content (AvgIpc) is 3.20. The van der Waals surface area contributed by atoms with E-state index in [1.54, 1.807) is 23.3 Å². The van der Waals surface area contributed by atoms with Crippen molar-refractivity contribution in [1.82, 2.24) is 0 Å². The standard InChI is InChI=1S/C7H7.2C5H5.2ClH.H2Si.Zr/c1-7-5-3-2-4-6-7;2*1-2-4-5-3-1;;;;/h2-6H,1H2;2*1-3H,4H2;2*1H;1H2;/q3*-1;;;;. The molecule has 114 valence electrons. The maximum atomic E-state index is 3.72. The first kappa shape index (κ1) is 25.7. The quantitative estimate of drug-likeness (QED) is 0.435. The van der Waals surface area contributed by atoms with Gasteiger partial charge in [-0.05, 0) is 0 Å². The van der Waals surface area contributed by atoms with E-state index in [-0.39, 0.29) is 24.8 Å². The zero-order valence-electron chi connectivity index (χ0n) is 12.0. The normalized spacial score (nSPS) is 11.4. The molecule has 0 amide bonds. The predicted molar refractivity (Wildman–Crippen MR) is 97.1 cm³/mol. The molecule has 1 aromatic rings. The van der Waals surface area contributed by atoms with Crippen molar-refractivity contribution in [3.8, 4) is 0 Å². The van der Waals surface area contributed by atoms with Gasteiger partial charge in [0.15, 0.2) is 0 Å². The van der Waals surface area contributed by atoms with Gasteiger partial charge >= 0.3 is 30.2 Å². The van der Waals surface area contributed by atoms with Crippen molar-refractivity contribution in [1.29, 1.82) is 0 Å². The van der Waals surface area contributed by atoms with E-state index in [4.69, 9.17) is 0 Å². The number of benzene rings is 1. The number of allylic oxidation sites excluding steroid dienone is 8. The van der Waals surface area contributed by atoms with Gasteiger partial charge in [-0.2, -0.15) is 36.8 Å². The van der Waals surface area contributed by atoms with Crippen LogP contribution in [-0.2, 0) is 23.3 Å². The van der Waals surface area contributed by atoms with E-state index in [9.17, 15) is 0 Å². The van der Waals surface area contributed by atoms with Crippen LogP contribution in [0, 0.1) is 19.1 Å². The first-order valence-electron chi connectivity index (χ1n) is 6.05. The molecule has 2 aliphatic rings. The summed E-state index contributed by atoms with van der Waals surface area (Å²) in [6.07, 6.45) is 20.0. The van der Waals surface area contributed by atoms with Gasteiger partial charge in [0.1, 0.15) is 0 Å². The van der Waals surface area contributed by atoms with Crippen LogP contribution in [0.3, 0.4) is 0 Å². The first-order valence-corrected chi connectivity index (χ1v) is 12.0. The second kappa shape index (κ2) is 22.0. The Morgan fingerprint density at radius 1 is 0.857 bits per heavy atom. The second-order valence-electron chi connectivity index (χ2n) is 3.49. The Hall–Kier alpha value is -0.270. The molecule has 0 spiro atoms. The van der Waals surface area contributed by atoms with Crippen LogP contribution in [0.5, 0.6) is 0 Å². The third kappa shape index (κ3) is 19.7. The molecule has 4 heteroatoms. The minimum absolute atomic E-state index is 0. The predicted octanol–water partition coefficient (Wildman–Crippen LogP) is 4.41. The number of hydrogen-bond donors (Lipinski definition) is 0. The molecule has 0 aromatic heterocycles. The Bertz CT molecular complexity index is 384. The molecule has 3 rings (SSSR count). The van der Waals surface area contributed by atoms with Crippen LogP contribution >= 0.6 is 24.8 Å². The van der Waals surface area contributed by atoms with Crippen molar-refractivity contribution in [2.75, 3.05) is 0 Å². The Kier molecular flexibility index (Phi) is 26.9. The molecule has 0 fully saturated rings.